The summed E-state index contributed by atoms with van der Waals surface area (Å²) in [6, 6.07) is 6.04. The average Bonchev–Trinajstić information content (AvgIpc) is 3.05. The van der Waals surface area contributed by atoms with Gasteiger partial charge in [0.25, 0.3) is 5.56 Å². The Morgan fingerprint density at radius 3 is 2.67 bits per heavy atom. The number of nitrogens with zero attached hydrogens (tertiary/aromatic N) is 4. The predicted octanol–water partition coefficient (Wildman–Crippen LogP) is 1.35. The first kappa shape index (κ1) is 18.8. The second-order valence-electron chi connectivity index (χ2n) is 6.51. The van der Waals surface area contributed by atoms with Crippen molar-refractivity contribution in [1.29, 1.82) is 0 Å². The highest BCUT2D eigenvalue weighted by Gasteiger charge is 2.13. The summed E-state index contributed by atoms with van der Waals surface area (Å²) < 4.78 is 7.87. The van der Waals surface area contributed by atoms with Gasteiger partial charge in [0, 0.05) is 20.3 Å². The second kappa shape index (κ2) is 8.13. The van der Waals surface area contributed by atoms with E-state index in [1.807, 2.05) is 26.0 Å². The highest BCUT2D eigenvalue weighted by molar-refractivity contribution is 5.77. The van der Waals surface area contributed by atoms with E-state index in [2.05, 4.69) is 21.5 Å². The molecular formula is C19H23N5O3. The van der Waals surface area contributed by atoms with Gasteiger partial charge in [0.15, 0.2) is 5.65 Å². The summed E-state index contributed by atoms with van der Waals surface area (Å²) in [5.41, 5.74) is 3.24. The number of hydrogen-bond donors (Lipinski definition) is 1. The lowest BCUT2D eigenvalue weighted by Gasteiger charge is -2.08. The number of rotatable bonds is 7. The minimum atomic E-state index is -0.289. The molecule has 1 amide bonds. The van der Waals surface area contributed by atoms with E-state index in [1.165, 1.54) is 17.1 Å². The lowest BCUT2D eigenvalue weighted by atomic mass is 10.1. The first-order valence-corrected chi connectivity index (χ1v) is 8.77. The summed E-state index contributed by atoms with van der Waals surface area (Å²) in [5.74, 6) is -0.240. The van der Waals surface area contributed by atoms with Crippen LogP contribution in [0.25, 0.3) is 16.7 Å². The van der Waals surface area contributed by atoms with E-state index in [4.69, 9.17) is 4.74 Å². The molecule has 1 N–H and O–H groups in total. The van der Waals surface area contributed by atoms with Crippen LogP contribution in [0.15, 0.2) is 35.5 Å². The molecule has 0 aliphatic heterocycles. The van der Waals surface area contributed by atoms with Crippen LogP contribution in [0.1, 0.15) is 17.5 Å². The van der Waals surface area contributed by atoms with Crippen LogP contribution in [0.2, 0.25) is 0 Å². The minimum Gasteiger partial charge on any atom is -0.385 e. The highest BCUT2D eigenvalue weighted by Crippen LogP contribution is 2.16. The molecule has 0 aliphatic rings. The molecule has 1 aromatic carbocycles. The van der Waals surface area contributed by atoms with Crippen LogP contribution in [0.5, 0.6) is 0 Å². The third kappa shape index (κ3) is 4.22. The molecule has 0 fully saturated rings. The van der Waals surface area contributed by atoms with Crippen molar-refractivity contribution in [3.05, 3.63) is 52.2 Å². The van der Waals surface area contributed by atoms with Crippen LogP contribution in [0.4, 0.5) is 0 Å². The Bertz CT molecular complexity index is 1000. The topological polar surface area (TPSA) is 91.0 Å². The van der Waals surface area contributed by atoms with Gasteiger partial charge in [-0.1, -0.05) is 6.07 Å². The fraction of sp³-hybridized carbons (Fsp3) is 0.368. The van der Waals surface area contributed by atoms with Gasteiger partial charge in [-0.25, -0.2) is 9.67 Å². The fourth-order valence-corrected chi connectivity index (χ4v) is 2.98. The zero-order valence-electron chi connectivity index (χ0n) is 15.7. The molecule has 0 spiro atoms. The van der Waals surface area contributed by atoms with Crippen LogP contribution in [-0.2, 0) is 16.1 Å². The van der Waals surface area contributed by atoms with E-state index in [0.29, 0.717) is 24.2 Å². The predicted molar refractivity (Wildman–Crippen MR) is 102 cm³/mol. The van der Waals surface area contributed by atoms with Gasteiger partial charge in [0.1, 0.15) is 18.3 Å². The SMILES string of the molecule is COCCCNC(=O)Cn1cnc2c(cnn2-c2cc(C)cc(C)c2)c1=O. The molecule has 142 valence electrons. The van der Waals surface area contributed by atoms with Gasteiger partial charge in [-0.3, -0.25) is 14.2 Å². The summed E-state index contributed by atoms with van der Waals surface area (Å²) in [6.07, 6.45) is 3.60. The van der Waals surface area contributed by atoms with Gasteiger partial charge >= 0.3 is 0 Å². The first-order chi connectivity index (χ1) is 13.0. The summed E-state index contributed by atoms with van der Waals surface area (Å²) in [7, 11) is 1.61. The highest BCUT2D eigenvalue weighted by atomic mass is 16.5. The second-order valence-corrected chi connectivity index (χ2v) is 6.51. The number of nitrogens with one attached hydrogen (secondary N) is 1. The summed E-state index contributed by atoms with van der Waals surface area (Å²) in [5, 5.41) is 7.46. The zero-order valence-corrected chi connectivity index (χ0v) is 15.7. The summed E-state index contributed by atoms with van der Waals surface area (Å²) >= 11 is 0. The van der Waals surface area contributed by atoms with Crippen molar-refractivity contribution in [3.8, 4) is 5.69 Å². The molecule has 0 bridgehead atoms. The maximum atomic E-state index is 12.7. The van der Waals surface area contributed by atoms with E-state index >= 15 is 0 Å². The van der Waals surface area contributed by atoms with E-state index < -0.39 is 0 Å². The largest absolute Gasteiger partial charge is 0.385 e. The molecule has 0 saturated heterocycles. The minimum absolute atomic E-state index is 0.0799. The number of ether oxygens (including phenoxy) is 1. The van der Waals surface area contributed by atoms with Crippen molar-refractivity contribution in [2.24, 2.45) is 0 Å². The van der Waals surface area contributed by atoms with Gasteiger partial charge in [-0.05, 0) is 43.5 Å². The van der Waals surface area contributed by atoms with Crippen molar-refractivity contribution >= 4 is 16.9 Å². The number of aromatic nitrogens is 4. The molecule has 0 aliphatic carbocycles. The molecule has 3 aromatic rings. The lowest BCUT2D eigenvalue weighted by molar-refractivity contribution is -0.121. The smallest absolute Gasteiger partial charge is 0.264 e. The lowest BCUT2D eigenvalue weighted by Crippen LogP contribution is -2.33. The number of carbonyl (C=O) groups is 1. The molecular weight excluding hydrogens is 346 g/mol. The zero-order chi connectivity index (χ0) is 19.4. The van der Waals surface area contributed by atoms with Crippen molar-refractivity contribution in [1.82, 2.24) is 24.6 Å². The first-order valence-electron chi connectivity index (χ1n) is 8.77. The van der Waals surface area contributed by atoms with Crippen LogP contribution >= 0.6 is 0 Å². The number of aryl methyl sites for hydroxylation is 2. The fourth-order valence-electron chi connectivity index (χ4n) is 2.98. The number of hydrogen-bond acceptors (Lipinski definition) is 5. The van der Waals surface area contributed by atoms with Crippen LogP contribution in [0.3, 0.4) is 0 Å². The molecule has 3 rings (SSSR count). The van der Waals surface area contributed by atoms with Crippen LogP contribution in [0, 0.1) is 13.8 Å². The number of amides is 1. The van der Waals surface area contributed by atoms with E-state index in [-0.39, 0.29) is 18.0 Å². The molecule has 2 aromatic heterocycles. The Hall–Kier alpha value is -3.00. The van der Waals surface area contributed by atoms with E-state index in [9.17, 15) is 9.59 Å². The van der Waals surface area contributed by atoms with Gasteiger partial charge in [-0.15, -0.1) is 0 Å². The average molecular weight is 369 g/mol. The Morgan fingerprint density at radius 2 is 1.96 bits per heavy atom. The Kier molecular flexibility index (Phi) is 5.66. The van der Waals surface area contributed by atoms with Crippen molar-refractivity contribution < 1.29 is 9.53 Å². The maximum Gasteiger partial charge on any atom is 0.264 e. The molecule has 0 atom stereocenters. The van der Waals surface area contributed by atoms with Crippen LogP contribution < -0.4 is 10.9 Å². The molecule has 8 nitrogen and oxygen atoms in total. The van der Waals surface area contributed by atoms with E-state index in [0.717, 1.165) is 23.2 Å². The maximum absolute atomic E-state index is 12.7. The molecule has 8 heteroatoms. The Morgan fingerprint density at radius 1 is 1.22 bits per heavy atom. The van der Waals surface area contributed by atoms with Gasteiger partial charge in [0.05, 0.1) is 11.9 Å². The van der Waals surface area contributed by atoms with Crippen molar-refractivity contribution in [2.45, 2.75) is 26.8 Å². The number of carbonyl (C=O) groups excluding carboxylic acids is 1. The normalized spacial score (nSPS) is 11.1. The Labute approximate surface area is 156 Å². The van der Waals surface area contributed by atoms with E-state index in [1.54, 1.807) is 11.8 Å². The third-order valence-electron chi connectivity index (χ3n) is 4.17. The Balaban J connectivity index is 1.84. The van der Waals surface area contributed by atoms with Crippen molar-refractivity contribution in [3.63, 3.8) is 0 Å². The standard InChI is InChI=1S/C19H23N5O3/c1-13-7-14(2)9-15(8-13)24-18-16(10-22-24)19(26)23(12-21-18)11-17(25)20-5-4-6-27-3/h7-10,12H,4-6,11H2,1-3H3,(H,20,25). The molecule has 0 radical (unpaired) electrons. The van der Waals surface area contributed by atoms with Gasteiger partial charge < -0.3 is 10.1 Å². The van der Waals surface area contributed by atoms with Gasteiger partial charge in [-0.2, -0.15) is 5.10 Å². The summed E-state index contributed by atoms with van der Waals surface area (Å²) in [4.78, 5) is 29.1. The van der Waals surface area contributed by atoms with Crippen molar-refractivity contribution in [2.75, 3.05) is 20.3 Å². The quantitative estimate of drug-likeness (QED) is 0.635. The van der Waals surface area contributed by atoms with Gasteiger partial charge in [0.2, 0.25) is 5.91 Å². The molecule has 27 heavy (non-hydrogen) atoms. The summed E-state index contributed by atoms with van der Waals surface area (Å²) in [6.45, 7) is 5.01. The number of methoxy groups -OCH3 is 1. The number of fused-ring (bicyclic) bond motifs is 1. The number of benzene rings is 1. The third-order valence-corrected chi connectivity index (χ3v) is 4.17. The molecule has 2 heterocycles. The molecule has 0 unspecified atom stereocenters. The molecule has 0 saturated carbocycles. The monoisotopic (exact) mass is 369 g/mol. The van der Waals surface area contributed by atoms with Crippen LogP contribution in [-0.4, -0.2) is 45.5 Å².